The van der Waals surface area contributed by atoms with E-state index in [1.54, 1.807) is 31.2 Å². The van der Waals surface area contributed by atoms with Gasteiger partial charge in [0, 0.05) is 5.69 Å². The van der Waals surface area contributed by atoms with Crippen LogP contribution in [0.5, 0.6) is 5.75 Å². The molecule has 0 heterocycles. The van der Waals surface area contributed by atoms with Crippen LogP contribution in [0.4, 0.5) is 5.69 Å². The molecule has 0 saturated heterocycles. The van der Waals surface area contributed by atoms with Crippen LogP contribution in [0.1, 0.15) is 13.3 Å². The summed E-state index contributed by atoms with van der Waals surface area (Å²) >= 11 is 11.9. The Morgan fingerprint density at radius 2 is 1.86 bits per heavy atom. The van der Waals surface area contributed by atoms with Crippen LogP contribution in [0.15, 0.2) is 24.3 Å². The van der Waals surface area contributed by atoms with Gasteiger partial charge < -0.3 is 14.8 Å². The van der Waals surface area contributed by atoms with Gasteiger partial charge in [0.05, 0.1) is 12.5 Å². The molecular weight excluding hydrogens is 317 g/mol. The molecule has 1 N–H and O–H groups in total. The second kappa shape index (κ2) is 5.73. The van der Waals surface area contributed by atoms with Crippen molar-refractivity contribution in [1.29, 1.82) is 0 Å². The van der Waals surface area contributed by atoms with E-state index in [-0.39, 0.29) is 12.5 Å². The summed E-state index contributed by atoms with van der Waals surface area (Å²) in [5.41, 5.74) is -0.168. The molecule has 1 aromatic rings. The second-order valence-corrected chi connectivity index (χ2v) is 6.54. The number of carbonyl (C=O) groups is 2. The molecule has 1 aliphatic rings. The number of alkyl halides is 2. The standard InChI is InChI=1S/C14H15Cl2NO4/c1-13(8-14(13,15)16)12(19)17-9-3-5-10(6-4-9)21-7-11(18)20-2/h3-6H,7-8H2,1-2H3,(H,17,19). The van der Waals surface area contributed by atoms with E-state index in [2.05, 4.69) is 10.1 Å². The number of hydrogen-bond donors (Lipinski definition) is 1. The Balaban J connectivity index is 1.91. The minimum atomic E-state index is -0.999. The van der Waals surface area contributed by atoms with E-state index in [0.717, 1.165) is 0 Å². The molecule has 2 rings (SSSR count). The number of rotatable bonds is 5. The lowest BCUT2D eigenvalue weighted by Crippen LogP contribution is -2.25. The summed E-state index contributed by atoms with van der Waals surface area (Å²) in [5, 5.41) is 2.75. The predicted octanol–water partition coefficient (Wildman–Crippen LogP) is 2.76. The van der Waals surface area contributed by atoms with Crippen LogP contribution in [-0.4, -0.2) is 29.9 Å². The van der Waals surface area contributed by atoms with E-state index >= 15 is 0 Å². The maximum atomic E-state index is 12.1. The SMILES string of the molecule is COC(=O)COc1ccc(NC(=O)C2(C)CC2(Cl)Cl)cc1. The molecule has 1 aromatic carbocycles. The highest BCUT2D eigenvalue weighted by atomic mass is 35.5. The van der Waals surface area contributed by atoms with Gasteiger partial charge >= 0.3 is 5.97 Å². The maximum Gasteiger partial charge on any atom is 0.343 e. The third-order valence-electron chi connectivity index (χ3n) is 3.46. The zero-order valence-electron chi connectivity index (χ0n) is 11.6. The van der Waals surface area contributed by atoms with Crippen LogP contribution in [0.25, 0.3) is 0 Å². The van der Waals surface area contributed by atoms with E-state index in [4.69, 9.17) is 27.9 Å². The molecule has 1 saturated carbocycles. The molecule has 1 fully saturated rings. The third-order valence-corrected chi connectivity index (χ3v) is 4.56. The number of anilines is 1. The summed E-state index contributed by atoms with van der Waals surface area (Å²) in [6.45, 7) is 1.55. The normalized spacial score (nSPS) is 22.3. The van der Waals surface area contributed by atoms with Crippen LogP contribution in [0, 0.1) is 5.41 Å². The Morgan fingerprint density at radius 1 is 1.29 bits per heavy atom. The number of esters is 1. The van der Waals surface area contributed by atoms with E-state index in [0.29, 0.717) is 17.9 Å². The first kappa shape index (κ1) is 15.9. The summed E-state index contributed by atoms with van der Waals surface area (Å²) < 4.78 is 8.67. The van der Waals surface area contributed by atoms with Crippen LogP contribution < -0.4 is 10.1 Å². The lowest BCUT2D eigenvalue weighted by atomic mass is 10.1. The lowest BCUT2D eigenvalue weighted by Gasteiger charge is -2.13. The highest BCUT2D eigenvalue weighted by Crippen LogP contribution is 2.64. The van der Waals surface area contributed by atoms with Gasteiger partial charge in [0.1, 0.15) is 10.1 Å². The smallest absolute Gasteiger partial charge is 0.343 e. The first-order valence-corrected chi connectivity index (χ1v) is 7.03. The number of benzene rings is 1. The topological polar surface area (TPSA) is 64.6 Å². The zero-order valence-corrected chi connectivity index (χ0v) is 13.1. The van der Waals surface area contributed by atoms with Crippen molar-refractivity contribution >= 4 is 40.8 Å². The van der Waals surface area contributed by atoms with E-state index in [1.165, 1.54) is 7.11 Å². The second-order valence-electron chi connectivity index (χ2n) is 5.06. The maximum absolute atomic E-state index is 12.1. The van der Waals surface area contributed by atoms with Gasteiger partial charge in [-0.3, -0.25) is 4.79 Å². The van der Waals surface area contributed by atoms with Gasteiger partial charge in [0.15, 0.2) is 6.61 Å². The van der Waals surface area contributed by atoms with Crippen molar-refractivity contribution in [3.63, 3.8) is 0 Å². The Morgan fingerprint density at radius 3 is 2.33 bits per heavy atom. The highest BCUT2D eigenvalue weighted by Gasteiger charge is 2.67. The predicted molar refractivity (Wildman–Crippen MR) is 79.7 cm³/mol. The molecule has 0 aliphatic heterocycles. The van der Waals surface area contributed by atoms with Crippen molar-refractivity contribution < 1.29 is 19.1 Å². The van der Waals surface area contributed by atoms with E-state index < -0.39 is 15.7 Å². The van der Waals surface area contributed by atoms with Crippen molar-refractivity contribution in [2.24, 2.45) is 5.41 Å². The lowest BCUT2D eigenvalue weighted by molar-refractivity contribution is -0.142. The summed E-state index contributed by atoms with van der Waals surface area (Å²) in [6, 6.07) is 6.62. The number of halogens is 2. The largest absolute Gasteiger partial charge is 0.482 e. The Bertz CT molecular complexity index is 559. The average Bonchev–Trinajstić information content (AvgIpc) is 2.98. The Hall–Kier alpha value is -1.46. The summed E-state index contributed by atoms with van der Waals surface area (Å²) in [6.07, 6.45) is 0.426. The van der Waals surface area contributed by atoms with Crippen LogP contribution in [0.2, 0.25) is 0 Å². The summed E-state index contributed by atoms with van der Waals surface area (Å²) in [4.78, 5) is 23.0. The molecule has 0 aromatic heterocycles. The van der Waals surface area contributed by atoms with Crippen molar-refractivity contribution in [2.75, 3.05) is 19.0 Å². The average molecular weight is 332 g/mol. The molecule has 1 unspecified atom stereocenters. The molecule has 0 bridgehead atoms. The monoisotopic (exact) mass is 331 g/mol. The van der Waals surface area contributed by atoms with Gasteiger partial charge in [0.25, 0.3) is 0 Å². The van der Waals surface area contributed by atoms with Crippen LogP contribution >= 0.6 is 23.2 Å². The van der Waals surface area contributed by atoms with Crippen molar-refractivity contribution in [3.05, 3.63) is 24.3 Å². The minimum Gasteiger partial charge on any atom is -0.482 e. The minimum absolute atomic E-state index is 0.165. The van der Waals surface area contributed by atoms with Gasteiger partial charge in [-0.05, 0) is 37.6 Å². The molecule has 7 heteroatoms. The fraction of sp³-hybridized carbons (Fsp3) is 0.429. The summed E-state index contributed by atoms with van der Waals surface area (Å²) in [5.74, 6) is -0.189. The molecule has 1 aliphatic carbocycles. The van der Waals surface area contributed by atoms with Gasteiger partial charge in [-0.25, -0.2) is 4.79 Å². The molecular formula is C14H15Cl2NO4. The molecule has 114 valence electrons. The van der Waals surface area contributed by atoms with E-state index in [9.17, 15) is 9.59 Å². The first-order chi connectivity index (χ1) is 9.78. The Labute approximate surface area is 132 Å². The molecule has 1 amide bonds. The molecule has 21 heavy (non-hydrogen) atoms. The van der Waals surface area contributed by atoms with Gasteiger partial charge in [-0.2, -0.15) is 0 Å². The number of ether oxygens (including phenoxy) is 2. The van der Waals surface area contributed by atoms with Crippen molar-refractivity contribution in [1.82, 2.24) is 0 Å². The molecule has 0 spiro atoms. The number of amides is 1. The highest BCUT2D eigenvalue weighted by molar-refractivity contribution is 6.53. The number of nitrogens with one attached hydrogen (secondary N) is 1. The fourth-order valence-corrected chi connectivity index (χ4v) is 2.46. The van der Waals surface area contributed by atoms with Gasteiger partial charge in [0.2, 0.25) is 5.91 Å². The van der Waals surface area contributed by atoms with Crippen LogP contribution in [-0.2, 0) is 14.3 Å². The number of carbonyl (C=O) groups excluding carboxylic acids is 2. The van der Waals surface area contributed by atoms with Crippen molar-refractivity contribution in [2.45, 2.75) is 17.7 Å². The van der Waals surface area contributed by atoms with Gasteiger partial charge in [-0.1, -0.05) is 0 Å². The number of methoxy groups -OCH3 is 1. The quantitative estimate of drug-likeness (QED) is 0.665. The van der Waals surface area contributed by atoms with Crippen molar-refractivity contribution in [3.8, 4) is 5.75 Å². The fourth-order valence-electron chi connectivity index (χ4n) is 1.75. The molecule has 1 atom stereocenters. The third kappa shape index (κ3) is 3.41. The van der Waals surface area contributed by atoms with Crippen LogP contribution in [0.3, 0.4) is 0 Å². The van der Waals surface area contributed by atoms with E-state index in [1.807, 2.05) is 0 Å². The Kier molecular flexibility index (Phi) is 4.35. The first-order valence-electron chi connectivity index (χ1n) is 6.27. The molecule has 0 radical (unpaired) electrons. The zero-order chi connectivity index (χ0) is 15.7. The number of hydrogen-bond acceptors (Lipinski definition) is 4. The van der Waals surface area contributed by atoms with Gasteiger partial charge in [-0.15, -0.1) is 23.2 Å². The molecule has 5 nitrogen and oxygen atoms in total. The summed E-state index contributed by atoms with van der Waals surface area (Å²) in [7, 11) is 1.29.